The molecule has 1 N–H and O–H groups in total. The molecule has 1 saturated heterocycles. The average Bonchev–Trinajstić information content (AvgIpc) is 3.39. The number of benzene rings is 1. The summed E-state index contributed by atoms with van der Waals surface area (Å²) in [6.07, 6.45) is -3.25. The van der Waals surface area contributed by atoms with Gasteiger partial charge in [0, 0.05) is 19.6 Å². The van der Waals surface area contributed by atoms with Gasteiger partial charge in [0.05, 0.1) is 48.0 Å². The first-order valence-corrected chi connectivity index (χ1v) is 10.6. The first kappa shape index (κ1) is 23.1. The molecule has 1 aliphatic heterocycles. The highest BCUT2D eigenvalue weighted by atomic mass is 19.4. The Bertz CT molecular complexity index is 1120. The lowest BCUT2D eigenvalue weighted by Gasteiger charge is -2.33. The van der Waals surface area contributed by atoms with Gasteiger partial charge in [-0.3, -0.25) is 9.69 Å². The van der Waals surface area contributed by atoms with E-state index >= 15 is 0 Å². The zero-order chi connectivity index (χ0) is 23.6. The number of hydrogen-bond donors (Lipinski definition) is 1. The van der Waals surface area contributed by atoms with Crippen LogP contribution >= 0.6 is 0 Å². The Labute approximate surface area is 189 Å². The fraction of sp³-hybridized carbons (Fsp3) is 0.391. The Hall–Kier alpha value is -3.11. The molecule has 10 heteroatoms. The second kappa shape index (κ2) is 9.40. The van der Waals surface area contributed by atoms with Crippen molar-refractivity contribution >= 4 is 5.91 Å². The molecule has 1 fully saturated rings. The summed E-state index contributed by atoms with van der Waals surface area (Å²) in [5.74, 6) is 1.10. The van der Waals surface area contributed by atoms with Crippen molar-refractivity contribution in [2.24, 2.45) is 0 Å². The number of nitrogens with one attached hydrogen (secondary N) is 1. The normalized spacial score (nSPS) is 16.0. The summed E-state index contributed by atoms with van der Waals surface area (Å²) >= 11 is 0. The van der Waals surface area contributed by atoms with Gasteiger partial charge in [-0.25, -0.2) is 4.68 Å². The van der Waals surface area contributed by atoms with Gasteiger partial charge in [-0.1, -0.05) is 12.1 Å². The second-order valence-electron chi connectivity index (χ2n) is 7.89. The molecule has 1 atom stereocenters. The summed E-state index contributed by atoms with van der Waals surface area (Å²) in [6, 6.07) is 8.72. The highest BCUT2D eigenvalue weighted by molar-refractivity contribution is 5.95. The number of carbonyl (C=O) groups is 1. The number of para-hydroxylation sites is 1. The maximum absolute atomic E-state index is 13.4. The minimum absolute atomic E-state index is 0.126. The van der Waals surface area contributed by atoms with Gasteiger partial charge < -0.3 is 14.5 Å². The molecule has 1 aliphatic rings. The number of amides is 1. The SMILES string of the molecule is Cc1ccc([C@H](CNC(=O)c2cnn(-c3ccccc3C(F)(F)F)c2C)N2CCOCC2)o1. The molecule has 176 valence electrons. The van der Waals surface area contributed by atoms with Crippen LogP contribution in [0.2, 0.25) is 0 Å². The third-order valence-electron chi connectivity index (χ3n) is 5.72. The van der Waals surface area contributed by atoms with E-state index in [1.165, 1.54) is 24.4 Å². The number of ether oxygens (including phenoxy) is 1. The molecule has 1 aromatic carbocycles. The molecule has 0 bridgehead atoms. The van der Waals surface area contributed by atoms with Crippen LogP contribution in [0.25, 0.3) is 5.69 Å². The van der Waals surface area contributed by atoms with Gasteiger partial charge in [0.15, 0.2) is 0 Å². The minimum atomic E-state index is -4.54. The Kier molecular flexibility index (Phi) is 6.57. The predicted octanol–water partition coefficient (Wildman–Crippen LogP) is 3.90. The highest BCUT2D eigenvalue weighted by Gasteiger charge is 2.34. The predicted molar refractivity (Wildman–Crippen MR) is 114 cm³/mol. The van der Waals surface area contributed by atoms with E-state index < -0.39 is 17.6 Å². The molecule has 7 nitrogen and oxygen atoms in total. The fourth-order valence-corrected chi connectivity index (χ4v) is 3.99. The molecule has 0 aliphatic carbocycles. The smallest absolute Gasteiger partial charge is 0.418 e. The molecule has 2 aromatic heterocycles. The lowest BCUT2D eigenvalue weighted by molar-refractivity contribution is -0.137. The number of halogens is 3. The van der Waals surface area contributed by atoms with E-state index in [1.807, 2.05) is 19.1 Å². The zero-order valence-electron chi connectivity index (χ0n) is 18.4. The summed E-state index contributed by atoms with van der Waals surface area (Å²) in [6.45, 7) is 6.29. The van der Waals surface area contributed by atoms with E-state index in [1.54, 1.807) is 6.92 Å². The van der Waals surface area contributed by atoms with E-state index in [0.29, 0.717) is 32.0 Å². The molecule has 0 radical (unpaired) electrons. The summed E-state index contributed by atoms with van der Waals surface area (Å²) in [7, 11) is 0. The topological polar surface area (TPSA) is 72.5 Å². The minimum Gasteiger partial charge on any atom is -0.465 e. The molecule has 0 spiro atoms. The number of carbonyl (C=O) groups excluding carboxylic acids is 1. The van der Waals surface area contributed by atoms with Gasteiger partial charge in [-0.15, -0.1) is 0 Å². The van der Waals surface area contributed by atoms with Crippen LogP contribution in [0, 0.1) is 13.8 Å². The maximum atomic E-state index is 13.4. The fourth-order valence-electron chi connectivity index (χ4n) is 3.99. The van der Waals surface area contributed by atoms with Crippen LogP contribution in [0.4, 0.5) is 13.2 Å². The van der Waals surface area contributed by atoms with Crippen LogP contribution in [0.3, 0.4) is 0 Å². The van der Waals surface area contributed by atoms with E-state index in [4.69, 9.17) is 9.15 Å². The molecule has 3 aromatic rings. The number of aryl methyl sites for hydroxylation is 1. The Morgan fingerprint density at radius 1 is 1.15 bits per heavy atom. The molecule has 3 heterocycles. The molecule has 1 amide bonds. The van der Waals surface area contributed by atoms with Crippen LogP contribution in [0.1, 0.15) is 39.2 Å². The van der Waals surface area contributed by atoms with E-state index in [9.17, 15) is 18.0 Å². The van der Waals surface area contributed by atoms with Crippen molar-refractivity contribution in [3.63, 3.8) is 0 Å². The van der Waals surface area contributed by atoms with Crippen molar-refractivity contribution in [3.05, 3.63) is 70.9 Å². The molecular weight excluding hydrogens is 437 g/mol. The maximum Gasteiger partial charge on any atom is 0.418 e. The van der Waals surface area contributed by atoms with Gasteiger partial charge in [-0.05, 0) is 38.1 Å². The van der Waals surface area contributed by atoms with Gasteiger partial charge in [0.25, 0.3) is 5.91 Å². The number of alkyl halides is 3. The molecule has 33 heavy (non-hydrogen) atoms. The summed E-state index contributed by atoms with van der Waals surface area (Å²) in [5, 5.41) is 6.97. The van der Waals surface area contributed by atoms with Gasteiger partial charge in [0.2, 0.25) is 0 Å². The lowest BCUT2D eigenvalue weighted by atomic mass is 10.1. The summed E-state index contributed by atoms with van der Waals surface area (Å²) in [4.78, 5) is 15.1. The first-order chi connectivity index (χ1) is 15.8. The van der Waals surface area contributed by atoms with E-state index in [2.05, 4.69) is 15.3 Å². The average molecular weight is 462 g/mol. The Morgan fingerprint density at radius 2 is 1.88 bits per heavy atom. The zero-order valence-corrected chi connectivity index (χ0v) is 18.4. The van der Waals surface area contributed by atoms with Crippen molar-refractivity contribution in [3.8, 4) is 5.69 Å². The number of furan rings is 1. The summed E-state index contributed by atoms with van der Waals surface area (Å²) < 4.78 is 52.7. The van der Waals surface area contributed by atoms with Crippen molar-refractivity contribution < 1.29 is 27.1 Å². The van der Waals surface area contributed by atoms with Gasteiger partial charge >= 0.3 is 6.18 Å². The van der Waals surface area contributed by atoms with Gasteiger partial charge in [0.1, 0.15) is 11.5 Å². The second-order valence-corrected chi connectivity index (χ2v) is 7.89. The number of aromatic nitrogens is 2. The van der Waals surface area contributed by atoms with Crippen molar-refractivity contribution in [1.82, 2.24) is 20.0 Å². The van der Waals surface area contributed by atoms with Crippen molar-refractivity contribution in [2.45, 2.75) is 26.1 Å². The standard InChI is InChI=1S/C23H25F3N4O3/c1-15-7-8-21(33-15)20(29-9-11-32-12-10-29)14-27-22(31)17-13-28-30(16(17)2)19-6-4-3-5-18(19)23(24,25)26/h3-8,13,20H,9-12,14H2,1-2H3,(H,27,31)/t20-/m0/s1. The first-order valence-electron chi connectivity index (χ1n) is 10.6. The van der Waals surface area contributed by atoms with Crippen LogP contribution in [-0.4, -0.2) is 53.4 Å². The van der Waals surface area contributed by atoms with Crippen LogP contribution < -0.4 is 5.32 Å². The monoisotopic (exact) mass is 462 g/mol. The third kappa shape index (κ3) is 4.96. The molecule has 4 rings (SSSR count). The lowest BCUT2D eigenvalue weighted by Crippen LogP contribution is -2.43. The number of morpholine rings is 1. The highest BCUT2D eigenvalue weighted by Crippen LogP contribution is 2.34. The molecule has 0 unspecified atom stereocenters. The van der Waals surface area contributed by atoms with Crippen LogP contribution in [-0.2, 0) is 10.9 Å². The van der Waals surface area contributed by atoms with Crippen LogP contribution in [0.5, 0.6) is 0 Å². The van der Waals surface area contributed by atoms with Crippen LogP contribution in [0.15, 0.2) is 47.0 Å². The third-order valence-corrected chi connectivity index (χ3v) is 5.72. The van der Waals surface area contributed by atoms with Crippen molar-refractivity contribution in [2.75, 3.05) is 32.8 Å². The Balaban J connectivity index is 1.54. The van der Waals surface area contributed by atoms with Crippen molar-refractivity contribution in [1.29, 1.82) is 0 Å². The Morgan fingerprint density at radius 3 is 2.55 bits per heavy atom. The van der Waals surface area contributed by atoms with E-state index in [0.717, 1.165) is 22.3 Å². The van der Waals surface area contributed by atoms with Gasteiger partial charge in [-0.2, -0.15) is 18.3 Å². The summed E-state index contributed by atoms with van der Waals surface area (Å²) in [5.41, 5.74) is -0.410. The molecular formula is C23H25F3N4O3. The largest absolute Gasteiger partial charge is 0.465 e. The number of hydrogen-bond acceptors (Lipinski definition) is 5. The number of nitrogens with zero attached hydrogens (tertiary/aromatic N) is 3. The number of rotatable bonds is 6. The quantitative estimate of drug-likeness (QED) is 0.602. The molecule has 0 saturated carbocycles. The van der Waals surface area contributed by atoms with E-state index in [-0.39, 0.29) is 23.8 Å².